The minimum atomic E-state index is -1.15. The summed E-state index contributed by atoms with van der Waals surface area (Å²) in [5.41, 5.74) is 1.33. The van der Waals surface area contributed by atoms with Crippen molar-refractivity contribution in [2.75, 3.05) is 12.4 Å². The van der Waals surface area contributed by atoms with E-state index < -0.39 is 23.7 Å². The van der Waals surface area contributed by atoms with Gasteiger partial charge >= 0.3 is 0 Å². The summed E-state index contributed by atoms with van der Waals surface area (Å²) in [6.45, 7) is 0. The van der Waals surface area contributed by atoms with Crippen LogP contribution in [0.1, 0.15) is 30.4 Å². The van der Waals surface area contributed by atoms with Crippen molar-refractivity contribution in [1.82, 2.24) is 24.8 Å². The molecule has 32 heavy (non-hydrogen) atoms. The summed E-state index contributed by atoms with van der Waals surface area (Å²) in [6, 6.07) is 10.00. The van der Waals surface area contributed by atoms with E-state index in [1.54, 1.807) is 10.9 Å². The zero-order valence-electron chi connectivity index (χ0n) is 17.3. The quantitative estimate of drug-likeness (QED) is 0.430. The van der Waals surface area contributed by atoms with Crippen LogP contribution in [0.25, 0.3) is 11.2 Å². The van der Waals surface area contributed by atoms with Gasteiger partial charge in [-0.05, 0) is 30.0 Å². The Morgan fingerprint density at radius 2 is 2.03 bits per heavy atom. The summed E-state index contributed by atoms with van der Waals surface area (Å²) >= 11 is 6.25. The molecule has 4 N–H and O–H groups in total. The van der Waals surface area contributed by atoms with Crippen LogP contribution in [0.2, 0.25) is 5.28 Å². The van der Waals surface area contributed by atoms with Gasteiger partial charge < -0.3 is 25.4 Å². The highest BCUT2D eigenvalue weighted by Crippen LogP contribution is 2.67. The first-order valence-corrected chi connectivity index (χ1v) is 11.1. The van der Waals surface area contributed by atoms with Crippen molar-refractivity contribution in [2.45, 2.75) is 43.1 Å². The van der Waals surface area contributed by atoms with Crippen LogP contribution in [0.3, 0.4) is 0 Å². The molecule has 0 saturated heterocycles. The molecule has 2 heterocycles. The number of benzene rings is 1. The molecule has 2 unspecified atom stereocenters. The smallest absolute Gasteiger partial charge is 0.229 e. The lowest BCUT2D eigenvalue weighted by Crippen LogP contribution is -2.41. The average molecular weight is 455 g/mol. The largest absolute Gasteiger partial charge is 0.389 e. The third kappa shape index (κ3) is 2.71. The normalized spacial score (nSPS) is 34.9. The first-order chi connectivity index (χ1) is 15.5. The van der Waals surface area contributed by atoms with E-state index in [0.29, 0.717) is 29.3 Å². The fourth-order valence-corrected chi connectivity index (χ4v) is 5.76. The highest BCUT2D eigenvalue weighted by molar-refractivity contribution is 6.28. The molecule has 0 bridgehead atoms. The number of aromatic nitrogens is 4. The maximum atomic E-state index is 12.4. The lowest BCUT2D eigenvalue weighted by atomic mass is 9.98. The number of aliphatic hydroxyl groups excluding tert-OH is 2. The highest BCUT2D eigenvalue weighted by Gasteiger charge is 2.75. The molecule has 3 aliphatic carbocycles. The van der Waals surface area contributed by atoms with Crippen LogP contribution in [0.5, 0.6) is 0 Å². The third-order valence-corrected chi connectivity index (χ3v) is 7.55. The first kappa shape index (κ1) is 19.9. The fourth-order valence-electron chi connectivity index (χ4n) is 5.59. The van der Waals surface area contributed by atoms with Crippen molar-refractivity contribution < 1.29 is 15.0 Å². The molecule has 3 saturated carbocycles. The number of hydrogen-bond acceptors (Lipinski definition) is 7. The van der Waals surface area contributed by atoms with E-state index in [-0.39, 0.29) is 23.2 Å². The number of anilines is 1. The number of nitrogens with zero attached hydrogens (tertiary/aromatic N) is 4. The summed E-state index contributed by atoms with van der Waals surface area (Å²) in [5.74, 6) is 0.481. The van der Waals surface area contributed by atoms with Gasteiger partial charge in [0.25, 0.3) is 0 Å². The van der Waals surface area contributed by atoms with E-state index in [4.69, 9.17) is 11.6 Å². The number of amides is 1. The van der Waals surface area contributed by atoms with E-state index in [0.717, 1.165) is 6.42 Å². The fraction of sp³-hybridized carbons (Fsp3) is 0.455. The third-order valence-electron chi connectivity index (χ3n) is 7.38. The molecular weight excluding hydrogens is 432 g/mol. The molecule has 166 valence electrons. The molecule has 3 aliphatic rings. The van der Waals surface area contributed by atoms with Gasteiger partial charge in [0.05, 0.1) is 23.9 Å². The number of fused-ring (bicyclic) bond motifs is 2. The molecule has 0 spiro atoms. The molecule has 0 radical (unpaired) electrons. The van der Waals surface area contributed by atoms with E-state index in [1.165, 1.54) is 12.6 Å². The van der Waals surface area contributed by atoms with Crippen LogP contribution < -0.4 is 10.6 Å². The Balaban J connectivity index is 1.32. The number of imidazole rings is 1. The van der Waals surface area contributed by atoms with Crippen molar-refractivity contribution in [3.8, 4) is 0 Å². The molecule has 10 heteroatoms. The number of nitrogens with one attached hydrogen (secondary N) is 2. The summed E-state index contributed by atoms with van der Waals surface area (Å²) in [7, 11) is 1.54. The monoisotopic (exact) mass is 454 g/mol. The summed E-state index contributed by atoms with van der Waals surface area (Å²) in [6.07, 6.45) is 0.807. The summed E-state index contributed by atoms with van der Waals surface area (Å²) < 4.78 is 1.73. The topological polar surface area (TPSA) is 125 Å². The molecule has 2 aromatic heterocycles. The second-order valence-electron chi connectivity index (χ2n) is 9.03. The number of carbonyl (C=O) groups is 1. The van der Waals surface area contributed by atoms with Gasteiger partial charge in [-0.2, -0.15) is 9.97 Å². The lowest BCUT2D eigenvalue weighted by molar-refractivity contribution is -0.132. The van der Waals surface area contributed by atoms with Gasteiger partial charge in [0, 0.05) is 24.9 Å². The van der Waals surface area contributed by atoms with Crippen molar-refractivity contribution >= 4 is 34.5 Å². The molecule has 0 aliphatic heterocycles. The van der Waals surface area contributed by atoms with Gasteiger partial charge in [0.15, 0.2) is 17.0 Å². The van der Waals surface area contributed by atoms with E-state index in [1.807, 2.05) is 18.2 Å². The molecule has 1 amide bonds. The Labute approximate surface area is 188 Å². The van der Waals surface area contributed by atoms with Crippen molar-refractivity contribution in [1.29, 1.82) is 0 Å². The Kier molecular flexibility index (Phi) is 4.27. The van der Waals surface area contributed by atoms with Crippen LogP contribution in [-0.4, -0.2) is 60.9 Å². The number of carbonyl (C=O) groups excluding carboxylic acids is 1. The standard InChI is InChI=1S/C22H23ClN6O3/c1-24-20(32)22-8-12(22)15(16(30)17(22)31)29-9-25-14-18(27-21(23)28-19(14)29)26-13-7-11(13)10-5-3-2-4-6-10/h2-6,9,11-13,15-17,30-31H,7-8H2,1H3,(H,24,32)(H,26,27,28)/t11?,12-,13?,15-,16+,17+,22-/m1/s1. The molecule has 1 aromatic carbocycles. The van der Waals surface area contributed by atoms with E-state index >= 15 is 0 Å². The minimum Gasteiger partial charge on any atom is -0.389 e. The van der Waals surface area contributed by atoms with Gasteiger partial charge in [-0.25, -0.2) is 4.98 Å². The number of halogens is 1. The second kappa shape index (κ2) is 6.87. The number of rotatable bonds is 5. The van der Waals surface area contributed by atoms with Gasteiger partial charge in [-0.3, -0.25) is 4.79 Å². The Morgan fingerprint density at radius 3 is 2.78 bits per heavy atom. The molecule has 3 fully saturated rings. The van der Waals surface area contributed by atoms with Crippen molar-refractivity contribution in [3.63, 3.8) is 0 Å². The van der Waals surface area contributed by atoms with Crippen LogP contribution in [0.15, 0.2) is 36.7 Å². The highest BCUT2D eigenvalue weighted by atomic mass is 35.5. The first-order valence-electron chi connectivity index (χ1n) is 10.8. The molecular formula is C22H23ClN6O3. The average Bonchev–Trinajstić information content (AvgIpc) is 3.67. The zero-order chi connectivity index (χ0) is 22.2. The van der Waals surface area contributed by atoms with Crippen molar-refractivity contribution in [3.05, 3.63) is 47.5 Å². The minimum absolute atomic E-state index is 0.0695. The number of hydrogen-bond donors (Lipinski definition) is 4. The lowest BCUT2D eigenvalue weighted by Gasteiger charge is -2.23. The molecule has 3 aromatic rings. The molecule has 7 atom stereocenters. The Bertz CT molecular complexity index is 1220. The van der Waals surface area contributed by atoms with Crippen LogP contribution in [0, 0.1) is 11.3 Å². The Morgan fingerprint density at radius 1 is 1.25 bits per heavy atom. The predicted octanol–water partition coefficient (Wildman–Crippen LogP) is 1.48. The van der Waals surface area contributed by atoms with E-state index in [2.05, 4.69) is 37.7 Å². The maximum absolute atomic E-state index is 12.4. The zero-order valence-corrected chi connectivity index (χ0v) is 18.1. The summed E-state index contributed by atoms with van der Waals surface area (Å²) in [4.78, 5) is 25.7. The van der Waals surface area contributed by atoms with Gasteiger partial charge in [-0.1, -0.05) is 30.3 Å². The predicted molar refractivity (Wildman–Crippen MR) is 117 cm³/mol. The maximum Gasteiger partial charge on any atom is 0.229 e. The number of aliphatic hydroxyl groups is 2. The van der Waals surface area contributed by atoms with Gasteiger partial charge in [-0.15, -0.1) is 0 Å². The van der Waals surface area contributed by atoms with Gasteiger partial charge in [0.2, 0.25) is 11.2 Å². The van der Waals surface area contributed by atoms with E-state index in [9.17, 15) is 15.0 Å². The molecule has 6 rings (SSSR count). The SMILES string of the molecule is CNC(=O)[C@]12C[C@@H]1[C@@H](n1cnc3c(NC4CC4c4ccccc4)nc(Cl)nc31)[C@H](O)[C@@H]2O. The summed E-state index contributed by atoms with van der Waals surface area (Å²) in [5, 5.41) is 27.6. The molecule has 9 nitrogen and oxygen atoms in total. The van der Waals surface area contributed by atoms with Crippen LogP contribution >= 0.6 is 11.6 Å². The van der Waals surface area contributed by atoms with Crippen LogP contribution in [0.4, 0.5) is 5.82 Å². The Hall–Kier alpha value is -2.75. The van der Waals surface area contributed by atoms with Crippen molar-refractivity contribution in [2.24, 2.45) is 11.3 Å². The second-order valence-corrected chi connectivity index (χ2v) is 9.36. The van der Waals surface area contributed by atoms with Crippen LogP contribution in [-0.2, 0) is 4.79 Å². The van der Waals surface area contributed by atoms with Gasteiger partial charge in [0.1, 0.15) is 6.10 Å².